The number of hydrogen-bond acceptors (Lipinski definition) is 3. The molecule has 0 radical (unpaired) electrons. The zero-order valence-corrected chi connectivity index (χ0v) is 9.59. The number of amides is 1. The molecule has 0 unspecified atom stereocenters. The number of aromatic hydroxyl groups is 1. The predicted molar refractivity (Wildman–Crippen MR) is 58.3 cm³/mol. The summed E-state index contributed by atoms with van der Waals surface area (Å²) in [6, 6.07) is 0.0111. The number of halogens is 1. The summed E-state index contributed by atoms with van der Waals surface area (Å²) in [5.74, 6) is -0.481. The highest BCUT2D eigenvalue weighted by Gasteiger charge is 2.16. The fraction of sp³-hybridized carbons (Fsp3) is 0.400. The number of nitrogens with zero attached hydrogens (tertiary/aromatic N) is 1. The predicted octanol–water partition coefficient (Wildman–Crippen LogP) is 1.89. The maximum atomic E-state index is 11.6. The molecular formula is C10H13ClN2O2. The van der Waals surface area contributed by atoms with Gasteiger partial charge >= 0.3 is 0 Å². The van der Waals surface area contributed by atoms with E-state index in [0.29, 0.717) is 5.69 Å². The lowest BCUT2D eigenvalue weighted by atomic mass is 10.2. The Bertz CT molecular complexity index is 391. The summed E-state index contributed by atoms with van der Waals surface area (Å²) in [5.41, 5.74) is 0.592. The first kappa shape index (κ1) is 11.8. The second kappa shape index (κ2) is 4.49. The first-order valence-corrected chi connectivity index (χ1v) is 4.96. The summed E-state index contributed by atoms with van der Waals surface area (Å²) >= 11 is 5.83. The van der Waals surface area contributed by atoms with Crippen molar-refractivity contribution in [1.82, 2.24) is 10.3 Å². The van der Waals surface area contributed by atoms with Crippen LogP contribution < -0.4 is 5.32 Å². The Kier molecular flexibility index (Phi) is 3.52. The molecule has 0 aliphatic heterocycles. The van der Waals surface area contributed by atoms with Gasteiger partial charge in [0, 0.05) is 12.2 Å². The third-order valence-corrected chi connectivity index (χ3v) is 2.22. The SMILES string of the molecule is Cc1ncc(C(=O)NC(C)C)c(Cl)c1O. The van der Waals surface area contributed by atoms with Crippen LogP contribution in [0.1, 0.15) is 29.9 Å². The van der Waals surface area contributed by atoms with E-state index < -0.39 is 0 Å². The molecule has 4 nitrogen and oxygen atoms in total. The van der Waals surface area contributed by atoms with Gasteiger partial charge in [-0.05, 0) is 20.8 Å². The van der Waals surface area contributed by atoms with Gasteiger partial charge in [-0.3, -0.25) is 9.78 Å². The highest BCUT2D eigenvalue weighted by atomic mass is 35.5. The van der Waals surface area contributed by atoms with Crippen molar-refractivity contribution in [2.75, 3.05) is 0 Å². The van der Waals surface area contributed by atoms with Gasteiger partial charge in [-0.15, -0.1) is 0 Å². The van der Waals surface area contributed by atoms with Crippen LogP contribution in [0.2, 0.25) is 5.02 Å². The van der Waals surface area contributed by atoms with Crippen LogP contribution in [0.3, 0.4) is 0 Å². The molecule has 82 valence electrons. The largest absolute Gasteiger partial charge is 0.505 e. The van der Waals surface area contributed by atoms with Gasteiger partial charge in [0.25, 0.3) is 5.91 Å². The Balaban J connectivity index is 3.06. The molecule has 2 N–H and O–H groups in total. The molecule has 0 aliphatic carbocycles. The molecule has 1 rings (SSSR count). The first-order valence-electron chi connectivity index (χ1n) is 4.58. The summed E-state index contributed by atoms with van der Waals surface area (Å²) < 4.78 is 0. The molecule has 0 fully saturated rings. The number of rotatable bonds is 2. The molecule has 0 saturated carbocycles. The Morgan fingerprint density at radius 1 is 1.60 bits per heavy atom. The minimum absolute atomic E-state index is 0.0111. The zero-order chi connectivity index (χ0) is 11.6. The van der Waals surface area contributed by atoms with Crippen molar-refractivity contribution >= 4 is 17.5 Å². The third-order valence-electron chi connectivity index (χ3n) is 1.84. The van der Waals surface area contributed by atoms with E-state index >= 15 is 0 Å². The van der Waals surface area contributed by atoms with Gasteiger partial charge < -0.3 is 10.4 Å². The van der Waals surface area contributed by atoms with E-state index in [4.69, 9.17) is 11.6 Å². The molecule has 1 heterocycles. The number of hydrogen-bond donors (Lipinski definition) is 2. The van der Waals surface area contributed by atoms with Crippen molar-refractivity contribution in [3.05, 3.63) is 22.5 Å². The minimum atomic E-state index is -0.335. The number of carbonyl (C=O) groups is 1. The van der Waals surface area contributed by atoms with Crippen molar-refractivity contribution in [1.29, 1.82) is 0 Å². The van der Waals surface area contributed by atoms with Crippen molar-refractivity contribution in [2.45, 2.75) is 26.8 Å². The van der Waals surface area contributed by atoms with E-state index in [1.807, 2.05) is 13.8 Å². The molecule has 1 amide bonds. The topological polar surface area (TPSA) is 62.2 Å². The molecule has 1 aromatic rings. The number of pyridine rings is 1. The van der Waals surface area contributed by atoms with Crippen molar-refractivity contribution in [3.8, 4) is 5.75 Å². The fourth-order valence-corrected chi connectivity index (χ4v) is 1.34. The van der Waals surface area contributed by atoms with Crippen LogP contribution in [0.15, 0.2) is 6.20 Å². The van der Waals surface area contributed by atoms with Crippen molar-refractivity contribution in [2.24, 2.45) is 0 Å². The average molecular weight is 229 g/mol. The number of nitrogens with one attached hydrogen (secondary N) is 1. The van der Waals surface area contributed by atoms with Crippen LogP contribution in [0.25, 0.3) is 0 Å². The van der Waals surface area contributed by atoms with Crippen LogP contribution in [0, 0.1) is 6.92 Å². The maximum Gasteiger partial charge on any atom is 0.254 e. The van der Waals surface area contributed by atoms with Gasteiger partial charge in [-0.1, -0.05) is 11.6 Å². The lowest BCUT2D eigenvalue weighted by Crippen LogP contribution is -2.30. The summed E-state index contributed by atoms with van der Waals surface area (Å²) in [7, 11) is 0. The van der Waals surface area contributed by atoms with E-state index in [2.05, 4.69) is 10.3 Å². The molecular weight excluding hydrogens is 216 g/mol. The second-order valence-corrected chi connectivity index (χ2v) is 3.93. The van der Waals surface area contributed by atoms with Gasteiger partial charge in [-0.25, -0.2) is 0 Å². The zero-order valence-electron chi connectivity index (χ0n) is 8.84. The smallest absolute Gasteiger partial charge is 0.254 e. The maximum absolute atomic E-state index is 11.6. The summed E-state index contributed by atoms with van der Waals surface area (Å²) in [6.45, 7) is 5.30. The van der Waals surface area contributed by atoms with Crippen LogP contribution in [-0.4, -0.2) is 22.0 Å². The Labute approximate surface area is 93.3 Å². The van der Waals surface area contributed by atoms with Crippen LogP contribution in [0.5, 0.6) is 5.75 Å². The van der Waals surface area contributed by atoms with Gasteiger partial charge in [-0.2, -0.15) is 0 Å². The molecule has 0 aromatic carbocycles. The number of aromatic nitrogens is 1. The molecule has 0 saturated heterocycles. The van der Waals surface area contributed by atoms with Gasteiger partial charge in [0.05, 0.1) is 16.3 Å². The third kappa shape index (κ3) is 2.59. The van der Waals surface area contributed by atoms with E-state index in [0.717, 1.165) is 0 Å². The number of aryl methyl sites for hydroxylation is 1. The molecule has 15 heavy (non-hydrogen) atoms. The van der Waals surface area contributed by atoms with E-state index in [-0.39, 0.29) is 28.3 Å². The highest BCUT2D eigenvalue weighted by Crippen LogP contribution is 2.28. The Morgan fingerprint density at radius 3 is 2.73 bits per heavy atom. The van der Waals surface area contributed by atoms with Crippen molar-refractivity contribution in [3.63, 3.8) is 0 Å². The van der Waals surface area contributed by atoms with Crippen LogP contribution >= 0.6 is 11.6 Å². The summed E-state index contributed by atoms with van der Waals surface area (Å²) in [5, 5.41) is 12.2. The number of carbonyl (C=O) groups excluding carboxylic acids is 1. The molecule has 0 bridgehead atoms. The Hall–Kier alpha value is -1.29. The van der Waals surface area contributed by atoms with Crippen LogP contribution in [0.4, 0.5) is 0 Å². The highest BCUT2D eigenvalue weighted by molar-refractivity contribution is 6.35. The summed E-state index contributed by atoms with van der Waals surface area (Å²) in [6.07, 6.45) is 1.36. The van der Waals surface area contributed by atoms with E-state index in [1.54, 1.807) is 6.92 Å². The van der Waals surface area contributed by atoms with E-state index in [9.17, 15) is 9.90 Å². The minimum Gasteiger partial charge on any atom is -0.505 e. The molecule has 5 heteroatoms. The lowest BCUT2D eigenvalue weighted by Gasteiger charge is -2.10. The Morgan fingerprint density at radius 2 is 2.20 bits per heavy atom. The summed E-state index contributed by atoms with van der Waals surface area (Å²) in [4.78, 5) is 15.5. The van der Waals surface area contributed by atoms with Gasteiger partial charge in [0.2, 0.25) is 0 Å². The van der Waals surface area contributed by atoms with Gasteiger partial charge in [0.1, 0.15) is 0 Å². The van der Waals surface area contributed by atoms with Gasteiger partial charge in [0.15, 0.2) is 5.75 Å². The molecule has 0 aliphatic rings. The molecule has 0 spiro atoms. The fourth-order valence-electron chi connectivity index (χ4n) is 1.06. The first-order chi connectivity index (χ1) is 6.93. The molecule has 1 aromatic heterocycles. The monoisotopic (exact) mass is 228 g/mol. The second-order valence-electron chi connectivity index (χ2n) is 3.55. The average Bonchev–Trinajstić information content (AvgIpc) is 2.13. The van der Waals surface area contributed by atoms with Crippen LogP contribution in [-0.2, 0) is 0 Å². The lowest BCUT2D eigenvalue weighted by molar-refractivity contribution is 0.0942. The van der Waals surface area contributed by atoms with Crippen molar-refractivity contribution < 1.29 is 9.90 Å². The normalized spacial score (nSPS) is 10.5. The quantitative estimate of drug-likeness (QED) is 0.813. The van der Waals surface area contributed by atoms with E-state index in [1.165, 1.54) is 6.20 Å². The molecule has 0 atom stereocenters. The standard InChI is InChI=1S/C10H13ClN2O2/c1-5(2)13-10(15)7-4-12-6(3)9(14)8(7)11/h4-5,14H,1-3H3,(H,13,15).